The van der Waals surface area contributed by atoms with Crippen molar-refractivity contribution in [2.75, 3.05) is 5.75 Å². The number of rotatable bonds is 4. The first-order valence-corrected chi connectivity index (χ1v) is 8.22. The van der Waals surface area contributed by atoms with Crippen molar-refractivity contribution in [3.8, 4) is 0 Å². The molecule has 20 heavy (non-hydrogen) atoms. The van der Waals surface area contributed by atoms with E-state index in [4.69, 9.17) is 11.6 Å². The van der Waals surface area contributed by atoms with Gasteiger partial charge in [0.2, 0.25) is 0 Å². The number of sulfone groups is 1. The third-order valence-electron chi connectivity index (χ3n) is 2.88. The fourth-order valence-corrected chi connectivity index (χ4v) is 2.95. The van der Waals surface area contributed by atoms with E-state index in [1.807, 2.05) is 19.1 Å². The normalized spacial score (nSPS) is 11.9. The highest BCUT2D eigenvalue weighted by molar-refractivity contribution is 7.91. The standard InChI is InChI=1S/C16H15ClO2S/c1-13-4-10-16(11-5-13)20(18,19)12-2-3-14-6-8-15(17)9-7-14/h2-11H,12H2,1H3/b3-2+. The molecule has 0 saturated heterocycles. The van der Waals surface area contributed by atoms with Crippen LogP contribution >= 0.6 is 11.6 Å². The van der Waals surface area contributed by atoms with Crippen LogP contribution in [-0.4, -0.2) is 14.2 Å². The molecule has 0 heterocycles. The van der Waals surface area contributed by atoms with E-state index in [2.05, 4.69) is 0 Å². The Hall–Kier alpha value is -1.58. The first-order valence-electron chi connectivity index (χ1n) is 6.19. The summed E-state index contributed by atoms with van der Waals surface area (Å²) in [5.74, 6) is -0.0152. The van der Waals surface area contributed by atoms with E-state index in [1.54, 1.807) is 48.6 Å². The lowest BCUT2D eigenvalue weighted by molar-refractivity contribution is 0.599. The van der Waals surface area contributed by atoms with Crippen LogP contribution in [0.1, 0.15) is 11.1 Å². The van der Waals surface area contributed by atoms with Gasteiger partial charge in [-0.15, -0.1) is 0 Å². The zero-order valence-electron chi connectivity index (χ0n) is 11.1. The van der Waals surface area contributed by atoms with Gasteiger partial charge >= 0.3 is 0 Å². The van der Waals surface area contributed by atoms with Gasteiger partial charge in [0.15, 0.2) is 9.84 Å². The van der Waals surface area contributed by atoms with Crippen LogP contribution in [0.4, 0.5) is 0 Å². The molecule has 0 aliphatic carbocycles. The van der Waals surface area contributed by atoms with Gasteiger partial charge in [0.1, 0.15) is 0 Å². The molecule has 2 aromatic rings. The average Bonchev–Trinajstić information content (AvgIpc) is 2.41. The maximum atomic E-state index is 12.1. The summed E-state index contributed by atoms with van der Waals surface area (Å²) < 4.78 is 24.2. The van der Waals surface area contributed by atoms with Crippen LogP contribution in [0.5, 0.6) is 0 Å². The zero-order chi connectivity index (χ0) is 14.6. The fraction of sp³-hybridized carbons (Fsp3) is 0.125. The smallest absolute Gasteiger partial charge is 0.181 e. The number of hydrogen-bond donors (Lipinski definition) is 0. The van der Waals surface area contributed by atoms with Crippen molar-refractivity contribution in [1.82, 2.24) is 0 Å². The van der Waals surface area contributed by atoms with Gasteiger partial charge in [-0.1, -0.05) is 53.6 Å². The molecule has 0 spiro atoms. The molecule has 0 saturated carbocycles. The summed E-state index contributed by atoms with van der Waals surface area (Å²) in [6.07, 6.45) is 3.43. The topological polar surface area (TPSA) is 34.1 Å². The Labute approximate surface area is 124 Å². The maximum absolute atomic E-state index is 12.1. The Bertz CT molecular complexity index is 699. The van der Waals surface area contributed by atoms with E-state index in [1.165, 1.54) is 0 Å². The summed E-state index contributed by atoms with van der Waals surface area (Å²) in [7, 11) is -3.27. The second-order valence-corrected chi connectivity index (χ2v) is 7.02. The number of aryl methyl sites for hydroxylation is 1. The first-order chi connectivity index (χ1) is 9.47. The summed E-state index contributed by atoms with van der Waals surface area (Å²) in [5.41, 5.74) is 1.97. The molecule has 0 amide bonds. The van der Waals surface area contributed by atoms with Crippen LogP contribution in [0.25, 0.3) is 6.08 Å². The van der Waals surface area contributed by atoms with Crippen molar-refractivity contribution in [2.24, 2.45) is 0 Å². The van der Waals surface area contributed by atoms with Gasteiger partial charge in [-0.05, 0) is 36.8 Å². The Morgan fingerprint density at radius 1 is 1.00 bits per heavy atom. The lowest BCUT2D eigenvalue weighted by Gasteiger charge is -2.02. The van der Waals surface area contributed by atoms with Gasteiger partial charge in [0.05, 0.1) is 10.6 Å². The molecule has 0 radical (unpaired) electrons. The van der Waals surface area contributed by atoms with E-state index in [0.29, 0.717) is 9.92 Å². The molecule has 0 N–H and O–H groups in total. The minimum absolute atomic E-state index is 0.0152. The molecule has 0 fully saturated rings. The highest BCUT2D eigenvalue weighted by Crippen LogP contribution is 2.14. The average molecular weight is 307 g/mol. The molecule has 0 aliphatic rings. The Balaban J connectivity index is 2.09. The molecule has 4 heteroatoms. The zero-order valence-corrected chi connectivity index (χ0v) is 12.7. The van der Waals surface area contributed by atoms with Crippen molar-refractivity contribution in [3.63, 3.8) is 0 Å². The number of benzene rings is 2. The predicted octanol–water partition coefficient (Wildman–Crippen LogP) is 4.14. The van der Waals surface area contributed by atoms with Gasteiger partial charge in [-0.2, -0.15) is 0 Å². The molecule has 0 aromatic heterocycles. The first kappa shape index (κ1) is 14.8. The highest BCUT2D eigenvalue weighted by Gasteiger charge is 2.11. The van der Waals surface area contributed by atoms with Crippen molar-refractivity contribution in [2.45, 2.75) is 11.8 Å². The molecule has 0 aliphatic heterocycles. The van der Waals surface area contributed by atoms with Crippen molar-refractivity contribution >= 4 is 27.5 Å². The SMILES string of the molecule is Cc1ccc(S(=O)(=O)C/C=C/c2ccc(Cl)cc2)cc1. The Kier molecular flexibility index (Phi) is 4.63. The van der Waals surface area contributed by atoms with Gasteiger partial charge in [-0.25, -0.2) is 8.42 Å². The third-order valence-corrected chi connectivity index (χ3v) is 4.75. The van der Waals surface area contributed by atoms with Crippen molar-refractivity contribution in [3.05, 3.63) is 70.8 Å². The predicted molar refractivity (Wildman–Crippen MR) is 83.7 cm³/mol. The monoisotopic (exact) mass is 306 g/mol. The minimum Gasteiger partial charge on any atom is -0.223 e. The number of halogens is 1. The second-order valence-electron chi connectivity index (χ2n) is 4.55. The summed E-state index contributed by atoms with van der Waals surface area (Å²) in [6.45, 7) is 1.93. The van der Waals surface area contributed by atoms with Crippen LogP contribution < -0.4 is 0 Å². The molecular formula is C16H15ClO2S. The van der Waals surface area contributed by atoms with Crippen LogP contribution in [0.3, 0.4) is 0 Å². The highest BCUT2D eigenvalue weighted by atomic mass is 35.5. The lowest BCUT2D eigenvalue weighted by Crippen LogP contribution is -2.04. The van der Waals surface area contributed by atoms with Gasteiger partial charge in [0, 0.05) is 5.02 Å². The van der Waals surface area contributed by atoms with Crippen LogP contribution in [0.2, 0.25) is 5.02 Å². The molecule has 2 rings (SSSR count). The van der Waals surface area contributed by atoms with E-state index in [-0.39, 0.29) is 5.75 Å². The van der Waals surface area contributed by atoms with Gasteiger partial charge in [-0.3, -0.25) is 0 Å². The van der Waals surface area contributed by atoms with Crippen molar-refractivity contribution in [1.29, 1.82) is 0 Å². The van der Waals surface area contributed by atoms with E-state index in [0.717, 1.165) is 11.1 Å². The van der Waals surface area contributed by atoms with E-state index in [9.17, 15) is 8.42 Å². The maximum Gasteiger partial charge on any atom is 0.181 e. The van der Waals surface area contributed by atoms with Gasteiger partial charge in [0.25, 0.3) is 0 Å². The van der Waals surface area contributed by atoms with Gasteiger partial charge < -0.3 is 0 Å². The quantitative estimate of drug-likeness (QED) is 0.851. The summed E-state index contributed by atoms with van der Waals surface area (Å²) >= 11 is 5.79. The molecule has 2 nitrogen and oxygen atoms in total. The molecule has 2 aromatic carbocycles. The Morgan fingerprint density at radius 2 is 1.60 bits per heavy atom. The largest absolute Gasteiger partial charge is 0.223 e. The van der Waals surface area contributed by atoms with E-state index >= 15 is 0 Å². The summed E-state index contributed by atoms with van der Waals surface area (Å²) in [6, 6.07) is 14.1. The molecule has 104 valence electrons. The minimum atomic E-state index is -3.27. The molecular weight excluding hydrogens is 292 g/mol. The van der Waals surface area contributed by atoms with Crippen LogP contribution in [-0.2, 0) is 9.84 Å². The lowest BCUT2D eigenvalue weighted by atomic mass is 10.2. The van der Waals surface area contributed by atoms with Crippen molar-refractivity contribution < 1.29 is 8.42 Å². The molecule has 0 bridgehead atoms. The van der Waals surface area contributed by atoms with E-state index < -0.39 is 9.84 Å². The summed E-state index contributed by atoms with van der Waals surface area (Å²) in [4.78, 5) is 0.351. The second kappa shape index (κ2) is 6.25. The van der Waals surface area contributed by atoms with Crippen LogP contribution in [0, 0.1) is 6.92 Å². The number of hydrogen-bond acceptors (Lipinski definition) is 2. The fourth-order valence-electron chi connectivity index (χ4n) is 1.73. The Morgan fingerprint density at radius 3 is 2.20 bits per heavy atom. The molecule has 0 atom stereocenters. The molecule has 0 unspecified atom stereocenters. The van der Waals surface area contributed by atoms with Crippen LogP contribution in [0.15, 0.2) is 59.5 Å². The third kappa shape index (κ3) is 3.95. The summed E-state index contributed by atoms with van der Waals surface area (Å²) in [5, 5.41) is 0.662.